The van der Waals surface area contributed by atoms with Crippen molar-refractivity contribution in [2.75, 3.05) is 6.54 Å². The lowest BCUT2D eigenvalue weighted by Gasteiger charge is -2.37. The summed E-state index contributed by atoms with van der Waals surface area (Å²) in [5.74, 6) is -0.0295. The third-order valence-corrected chi connectivity index (χ3v) is 3.69. The van der Waals surface area contributed by atoms with Crippen LogP contribution in [-0.2, 0) is 29.6 Å². The zero-order valence-corrected chi connectivity index (χ0v) is 12.5. The van der Waals surface area contributed by atoms with E-state index in [4.69, 9.17) is 0 Å². The van der Waals surface area contributed by atoms with E-state index < -0.39 is 6.04 Å². The number of rotatable bonds is 4. The summed E-state index contributed by atoms with van der Waals surface area (Å²) in [6.45, 7) is 6.47. The Bertz CT molecular complexity index is 521. The van der Waals surface area contributed by atoms with Gasteiger partial charge in [0.15, 0.2) is 0 Å². The summed E-state index contributed by atoms with van der Waals surface area (Å²) < 4.78 is 1.79. The van der Waals surface area contributed by atoms with Gasteiger partial charge in [0.05, 0.1) is 24.5 Å². The molecule has 1 saturated heterocycles. The second-order valence-corrected chi connectivity index (χ2v) is 5.53. The van der Waals surface area contributed by atoms with Crippen molar-refractivity contribution in [2.24, 2.45) is 13.0 Å². The molecule has 1 aliphatic heterocycles. The zero-order chi connectivity index (χ0) is 14.9. The summed E-state index contributed by atoms with van der Waals surface area (Å²) >= 11 is 0. The lowest BCUT2D eigenvalue weighted by atomic mass is 9.99. The molecule has 0 saturated carbocycles. The molecule has 6 nitrogen and oxygen atoms in total. The summed E-state index contributed by atoms with van der Waals surface area (Å²) in [7, 11) is 1.87. The summed E-state index contributed by atoms with van der Waals surface area (Å²) in [4.78, 5) is 25.8. The third kappa shape index (κ3) is 2.69. The Morgan fingerprint density at radius 3 is 2.70 bits per heavy atom. The smallest absolute Gasteiger partial charge is 0.243 e. The monoisotopic (exact) mass is 278 g/mol. The van der Waals surface area contributed by atoms with Crippen LogP contribution in [0, 0.1) is 5.92 Å². The van der Waals surface area contributed by atoms with Gasteiger partial charge in [-0.05, 0) is 18.4 Å². The fourth-order valence-electron chi connectivity index (χ4n) is 2.58. The molecule has 0 aliphatic carbocycles. The van der Waals surface area contributed by atoms with Gasteiger partial charge in [0, 0.05) is 7.05 Å². The van der Waals surface area contributed by atoms with Gasteiger partial charge in [-0.3, -0.25) is 14.3 Å². The number of nitrogens with zero attached hydrogens (tertiary/aromatic N) is 3. The van der Waals surface area contributed by atoms with Crippen molar-refractivity contribution in [2.45, 2.75) is 39.8 Å². The first-order valence-corrected chi connectivity index (χ1v) is 7.03. The van der Waals surface area contributed by atoms with Gasteiger partial charge >= 0.3 is 0 Å². The molecular weight excluding hydrogens is 256 g/mol. The molecule has 2 amide bonds. The van der Waals surface area contributed by atoms with Crippen molar-refractivity contribution >= 4 is 11.8 Å². The minimum atomic E-state index is -0.406. The average Bonchev–Trinajstić information content (AvgIpc) is 2.74. The maximum absolute atomic E-state index is 12.1. The first-order valence-electron chi connectivity index (χ1n) is 7.03. The van der Waals surface area contributed by atoms with E-state index >= 15 is 0 Å². The van der Waals surface area contributed by atoms with Gasteiger partial charge in [-0.1, -0.05) is 20.8 Å². The van der Waals surface area contributed by atoms with Crippen molar-refractivity contribution in [3.8, 4) is 0 Å². The number of nitrogens with one attached hydrogen (secondary N) is 1. The molecule has 0 radical (unpaired) electrons. The van der Waals surface area contributed by atoms with Crippen molar-refractivity contribution in [3.63, 3.8) is 0 Å². The van der Waals surface area contributed by atoms with Crippen LogP contribution in [0.2, 0.25) is 0 Å². The SMILES string of the molecule is CCc1cc(CN2C(=O)CNC(=O)C2C(C)C)n(C)n1. The fourth-order valence-corrected chi connectivity index (χ4v) is 2.58. The molecule has 110 valence electrons. The van der Waals surface area contributed by atoms with Gasteiger partial charge in [0.1, 0.15) is 6.04 Å². The van der Waals surface area contributed by atoms with Gasteiger partial charge < -0.3 is 10.2 Å². The number of amides is 2. The van der Waals surface area contributed by atoms with Crippen molar-refractivity contribution in [1.82, 2.24) is 20.0 Å². The van der Waals surface area contributed by atoms with E-state index in [0.29, 0.717) is 6.54 Å². The zero-order valence-electron chi connectivity index (χ0n) is 12.5. The van der Waals surface area contributed by atoms with Crippen LogP contribution in [0.15, 0.2) is 6.07 Å². The van der Waals surface area contributed by atoms with E-state index in [2.05, 4.69) is 10.4 Å². The number of aromatic nitrogens is 2. The Morgan fingerprint density at radius 1 is 1.45 bits per heavy atom. The number of piperazine rings is 1. The maximum Gasteiger partial charge on any atom is 0.243 e. The predicted molar refractivity (Wildman–Crippen MR) is 74.8 cm³/mol. The van der Waals surface area contributed by atoms with E-state index in [9.17, 15) is 9.59 Å². The average molecular weight is 278 g/mol. The molecule has 1 aromatic rings. The van der Waals surface area contributed by atoms with Crippen LogP contribution in [0.1, 0.15) is 32.2 Å². The number of hydrogen-bond acceptors (Lipinski definition) is 3. The topological polar surface area (TPSA) is 67.2 Å². The van der Waals surface area contributed by atoms with Crippen molar-refractivity contribution in [1.29, 1.82) is 0 Å². The van der Waals surface area contributed by atoms with Crippen molar-refractivity contribution < 1.29 is 9.59 Å². The van der Waals surface area contributed by atoms with Gasteiger partial charge in [-0.25, -0.2) is 0 Å². The number of aryl methyl sites for hydroxylation is 2. The van der Waals surface area contributed by atoms with Crippen LogP contribution in [0.4, 0.5) is 0 Å². The Kier molecular flexibility index (Phi) is 4.11. The molecule has 1 unspecified atom stereocenters. The lowest BCUT2D eigenvalue weighted by Crippen LogP contribution is -2.59. The molecular formula is C14H22N4O2. The second-order valence-electron chi connectivity index (χ2n) is 5.53. The van der Waals surface area contributed by atoms with E-state index in [1.54, 1.807) is 9.58 Å². The normalized spacial score (nSPS) is 19.6. The minimum absolute atomic E-state index is 0.0393. The van der Waals surface area contributed by atoms with Crippen LogP contribution in [-0.4, -0.2) is 39.1 Å². The maximum atomic E-state index is 12.1. The second kappa shape index (κ2) is 5.64. The Labute approximate surface area is 119 Å². The van der Waals surface area contributed by atoms with Crippen LogP contribution < -0.4 is 5.32 Å². The Balaban J connectivity index is 2.25. The predicted octanol–water partition coefficient (Wildman–Crippen LogP) is 0.465. The highest BCUT2D eigenvalue weighted by Gasteiger charge is 2.36. The van der Waals surface area contributed by atoms with Crippen LogP contribution in [0.5, 0.6) is 0 Å². The van der Waals surface area contributed by atoms with Gasteiger partial charge in [-0.15, -0.1) is 0 Å². The molecule has 1 aromatic heterocycles. The van der Waals surface area contributed by atoms with Gasteiger partial charge in [0.2, 0.25) is 11.8 Å². The van der Waals surface area contributed by atoms with Gasteiger partial charge in [-0.2, -0.15) is 5.10 Å². The molecule has 0 aromatic carbocycles. The van der Waals surface area contributed by atoms with Crippen LogP contribution in [0.3, 0.4) is 0 Å². The van der Waals surface area contributed by atoms with E-state index in [0.717, 1.165) is 17.8 Å². The summed E-state index contributed by atoms with van der Waals surface area (Å²) in [5, 5.41) is 7.04. The Hall–Kier alpha value is -1.85. The molecule has 1 atom stereocenters. The highest BCUT2D eigenvalue weighted by atomic mass is 16.2. The molecule has 2 rings (SSSR count). The molecule has 6 heteroatoms. The summed E-state index contributed by atoms with van der Waals surface area (Å²) in [6.07, 6.45) is 0.857. The minimum Gasteiger partial charge on any atom is -0.345 e. The molecule has 0 spiro atoms. The fraction of sp³-hybridized carbons (Fsp3) is 0.643. The molecule has 1 fully saturated rings. The Morgan fingerprint density at radius 2 is 2.15 bits per heavy atom. The lowest BCUT2D eigenvalue weighted by molar-refractivity contribution is -0.148. The number of hydrogen-bond donors (Lipinski definition) is 1. The molecule has 2 heterocycles. The van der Waals surface area contributed by atoms with E-state index in [1.807, 2.05) is 33.9 Å². The van der Waals surface area contributed by atoms with E-state index in [-0.39, 0.29) is 24.3 Å². The van der Waals surface area contributed by atoms with Crippen molar-refractivity contribution in [3.05, 3.63) is 17.5 Å². The molecule has 0 bridgehead atoms. The third-order valence-electron chi connectivity index (χ3n) is 3.69. The molecule has 20 heavy (non-hydrogen) atoms. The summed E-state index contributed by atoms with van der Waals surface area (Å²) in [5.41, 5.74) is 1.95. The molecule has 1 N–H and O–H groups in total. The highest BCUT2D eigenvalue weighted by Crippen LogP contribution is 2.18. The van der Waals surface area contributed by atoms with Crippen LogP contribution >= 0.6 is 0 Å². The molecule has 1 aliphatic rings. The highest BCUT2D eigenvalue weighted by molar-refractivity contribution is 5.94. The number of carbonyl (C=O) groups excluding carboxylic acids is 2. The number of carbonyl (C=O) groups is 2. The summed E-state index contributed by atoms with van der Waals surface area (Å²) in [6, 6.07) is 1.59. The quantitative estimate of drug-likeness (QED) is 0.870. The van der Waals surface area contributed by atoms with Crippen LogP contribution in [0.25, 0.3) is 0 Å². The van der Waals surface area contributed by atoms with Gasteiger partial charge in [0.25, 0.3) is 0 Å². The van der Waals surface area contributed by atoms with E-state index in [1.165, 1.54) is 0 Å². The largest absolute Gasteiger partial charge is 0.345 e. The standard InChI is InChI=1S/C14H22N4O2/c1-5-10-6-11(17(4)16-10)8-18-12(19)7-15-14(20)13(18)9(2)3/h6,9,13H,5,7-8H2,1-4H3,(H,15,20). The first-order chi connectivity index (χ1) is 9.43. The first kappa shape index (κ1) is 14.6.